The summed E-state index contributed by atoms with van der Waals surface area (Å²) in [6, 6.07) is 15.8. The fourth-order valence-corrected chi connectivity index (χ4v) is 3.59. The zero-order valence-corrected chi connectivity index (χ0v) is 17.4. The van der Waals surface area contributed by atoms with Crippen LogP contribution in [0.15, 0.2) is 48.5 Å². The minimum Gasteiger partial charge on any atom is -0.383 e. The summed E-state index contributed by atoms with van der Waals surface area (Å²) in [7, 11) is 2.13. The second kappa shape index (κ2) is 8.27. The van der Waals surface area contributed by atoms with Gasteiger partial charge >= 0.3 is 0 Å². The third kappa shape index (κ3) is 4.44. The molecule has 1 saturated heterocycles. The SMILES string of the molecule is Cc1cccc(Nc2nc(N3CCN(C)CC3)nc(N)c2-c2ccc(Cl)cc2)c1. The van der Waals surface area contributed by atoms with Crippen molar-refractivity contribution in [2.75, 3.05) is 49.2 Å². The molecule has 150 valence electrons. The molecule has 6 nitrogen and oxygen atoms in total. The number of hydrogen-bond acceptors (Lipinski definition) is 6. The van der Waals surface area contributed by atoms with E-state index < -0.39 is 0 Å². The van der Waals surface area contributed by atoms with Crippen LogP contribution in [0.4, 0.5) is 23.3 Å². The van der Waals surface area contributed by atoms with E-state index in [1.165, 1.54) is 5.56 Å². The zero-order chi connectivity index (χ0) is 20.4. The van der Waals surface area contributed by atoms with Gasteiger partial charge in [-0.25, -0.2) is 0 Å². The molecule has 29 heavy (non-hydrogen) atoms. The van der Waals surface area contributed by atoms with Crippen molar-refractivity contribution in [1.82, 2.24) is 14.9 Å². The maximum absolute atomic E-state index is 6.45. The summed E-state index contributed by atoms with van der Waals surface area (Å²) in [6.45, 7) is 5.77. The van der Waals surface area contributed by atoms with Crippen molar-refractivity contribution in [3.63, 3.8) is 0 Å². The number of hydrogen-bond donors (Lipinski definition) is 2. The van der Waals surface area contributed by atoms with Gasteiger partial charge in [0.25, 0.3) is 0 Å². The summed E-state index contributed by atoms with van der Waals surface area (Å²) in [5.41, 5.74) is 10.3. The second-order valence-corrected chi connectivity index (χ2v) is 7.86. The number of nitrogens with zero attached hydrogens (tertiary/aromatic N) is 4. The number of nitrogen functional groups attached to an aromatic ring is 1. The quantitative estimate of drug-likeness (QED) is 0.674. The molecule has 1 aliphatic rings. The number of nitrogens with one attached hydrogen (secondary N) is 1. The van der Waals surface area contributed by atoms with Crippen LogP contribution in [-0.2, 0) is 0 Å². The van der Waals surface area contributed by atoms with E-state index in [0.717, 1.165) is 43.0 Å². The molecule has 4 rings (SSSR count). The predicted molar refractivity (Wildman–Crippen MR) is 121 cm³/mol. The van der Waals surface area contributed by atoms with Crippen LogP contribution in [0.2, 0.25) is 5.02 Å². The van der Waals surface area contributed by atoms with Crippen LogP contribution in [0.3, 0.4) is 0 Å². The van der Waals surface area contributed by atoms with E-state index >= 15 is 0 Å². The average Bonchev–Trinajstić information content (AvgIpc) is 2.69. The highest BCUT2D eigenvalue weighted by molar-refractivity contribution is 6.30. The molecule has 2 aromatic carbocycles. The zero-order valence-electron chi connectivity index (χ0n) is 16.7. The van der Waals surface area contributed by atoms with E-state index in [2.05, 4.69) is 46.2 Å². The van der Waals surface area contributed by atoms with Gasteiger partial charge in [-0.15, -0.1) is 0 Å². The van der Waals surface area contributed by atoms with E-state index in [9.17, 15) is 0 Å². The molecule has 0 atom stereocenters. The van der Waals surface area contributed by atoms with Crippen molar-refractivity contribution in [2.45, 2.75) is 6.92 Å². The summed E-state index contributed by atoms with van der Waals surface area (Å²) >= 11 is 6.08. The number of nitrogens with two attached hydrogens (primary N) is 1. The lowest BCUT2D eigenvalue weighted by molar-refractivity contribution is 0.311. The summed E-state index contributed by atoms with van der Waals surface area (Å²) in [6.07, 6.45) is 0. The van der Waals surface area contributed by atoms with Gasteiger partial charge < -0.3 is 20.9 Å². The van der Waals surface area contributed by atoms with Gasteiger partial charge in [0.15, 0.2) is 0 Å². The third-order valence-electron chi connectivity index (χ3n) is 5.13. The lowest BCUT2D eigenvalue weighted by atomic mass is 10.1. The Bertz CT molecular complexity index is 997. The number of halogens is 1. The number of aryl methyl sites for hydroxylation is 1. The Morgan fingerprint density at radius 1 is 1.00 bits per heavy atom. The van der Waals surface area contributed by atoms with Crippen LogP contribution < -0.4 is 16.0 Å². The summed E-state index contributed by atoms with van der Waals surface area (Å²) in [4.78, 5) is 14.0. The highest BCUT2D eigenvalue weighted by Crippen LogP contribution is 2.35. The van der Waals surface area contributed by atoms with E-state index in [-0.39, 0.29) is 0 Å². The van der Waals surface area contributed by atoms with Gasteiger partial charge in [-0.3, -0.25) is 0 Å². The van der Waals surface area contributed by atoms with Gasteiger partial charge in [0, 0.05) is 36.9 Å². The molecule has 2 heterocycles. The maximum atomic E-state index is 6.45. The molecule has 3 aromatic rings. The molecule has 0 bridgehead atoms. The van der Waals surface area contributed by atoms with E-state index in [0.29, 0.717) is 22.6 Å². The first-order valence-electron chi connectivity index (χ1n) is 9.70. The topological polar surface area (TPSA) is 70.3 Å². The second-order valence-electron chi connectivity index (χ2n) is 7.42. The Hall–Kier alpha value is -2.83. The van der Waals surface area contributed by atoms with Crippen molar-refractivity contribution < 1.29 is 0 Å². The maximum Gasteiger partial charge on any atom is 0.229 e. The Labute approximate surface area is 176 Å². The molecule has 0 saturated carbocycles. The van der Waals surface area contributed by atoms with Gasteiger partial charge in [-0.2, -0.15) is 9.97 Å². The number of aromatic nitrogens is 2. The van der Waals surface area contributed by atoms with E-state index in [1.54, 1.807) is 0 Å². The molecule has 0 aliphatic carbocycles. The minimum atomic E-state index is 0.450. The molecular formula is C22H25ClN6. The van der Waals surface area contributed by atoms with Crippen molar-refractivity contribution in [1.29, 1.82) is 0 Å². The summed E-state index contributed by atoms with van der Waals surface area (Å²) in [5, 5.41) is 4.13. The normalized spacial score (nSPS) is 14.8. The Kier molecular flexibility index (Phi) is 5.56. The average molecular weight is 409 g/mol. The van der Waals surface area contributed by atoms with Crippen LogP contribution in [-0.4, -0.2) is 48.1 Å². The molecule has 1 fully saturated rings. The first-order chi connectivity index (χ1) is 14.0. The molecular weight excluding hydrogens is 384 g/mol. The van der Waals surface area contributed by atoms with Gasteiger partial charge in [-0.05, 0) is 49.4 Å². The van der Waals surface area contributed by atoms with Crippen LogP contribution in [0, 0.1) is 6.92 Å². The highest BCUT2D eigenvalue weighted by atomic mass is 35.5. The lowest BCUT2D eigenvalue weighted by Crippen LogP contribution is -2.45. The lowest BCUT2D eigenvalue weighted by Gasteiger charge is -2.32. The number of anilines is 4. The Morgan fingerprint density at radius 2 is 1.72 bits per heavy atom. The molecule has 0 radical (unpaired) electrons. The fourth-order valence-electron chi connectivity index (χ4n) is 3.46. The van der Waals surface area contributed by atoms with Gasteiger partial charge in [0.05, 0.1) is 5.56 Å². The van der Waals surface area contributed by atoms with Crippen molar-refractivity contribution >= 4 is 34.9 Å². The molecule has 1 aliphatic heterocycles. The first-order valence-corrected chi connectivity index (χ1v) is 10.1. The summed E-state index contributed by atoms with van der Waals surface area (Å²) < 4.78 is 0. The van der Waals surface area contributed by atoms with E-state index in [1.807, 2.05) is 36.4 Å². The fraction of sp³-hybridized carbons (Fsp3) is 0.273. The third-order valence-corrected chi connectivity index (χ3v) is 5.38. The first kappa shape index (κ1) is 19.5. The highest BCUT2D eigenvalue weighted by Gasteiger charge is 2.21. The molecule has 0 amide bonds. The van der Waals surface area contributed by atoms with Gasteiger partial charge in [0.2, 0.25) is 5.95 Å². The Morgan fingerprint density at radius 3 is 2.41 bits per heavy atom. The largest absolute Gasteiger partial charge is 0.383 e. The van der Waals surface area contributed by atoms with Crippen molar-refractivity contribution in [3.8, 4) is 11.1 Å². The summed E-state index contributed by atoms with van der Waals surface area (Å²) in [5.74, 6) is 1.80. The van der Waals surface area contributed by atoms with Crippen molar-refractivity contribution in [3.05, 3.63) is 59.1 Å². The molecule has 3 N–H and O–H groups in total. The number of piperazine rings is 1. The van der Waals surface area contributed by atoms with Crippen LogP contribution in [0.1, 0.15) is 5.56 Å². The van der Waals surface area contributed by atoms with Crippen LogP contribution in [0.5, 0.6) is 0 Å². The van der Waals surface area contributed by atoms with Gasteiger partial charge in [-0.1, -0.05) is 35.9 Å². The molecule has 0 spiro atoms. The Balaban J connectivity index is 1.77. The molecule has 7 heteroatoms. The minimum absolute atomic E-state index is 0.450. The smallest absolute Gasteiger partial charge is 0.229 e. The van der Waals surface area contributed by atoms with Gasteiger partial charge in [0.1, 0.15) is 11.6 Å². The molecule has 1 aromatic heterocycles. The number of rotatable bonds is 4. The number of benzene rings is 2. The van der Waals surface area contributed by atoms with Crippen LogP contribution in [0.25, 0.3) is 11.1 Å². The molecule has 0 unspecified atom stereocenters. The predicted octanol–water partition coefficient (Wildman–Crippen LogP) is 4.18. The monoisotopic (exact) mass is 408 g/mol. The van der Waals surface area contributed by atoms with Crippen LogP contribution >= 0.6 is 11.6 Å². The number of likely N-dealkylation sites (N-methyl/N-ethyl adjacent to an activating group) is 1. The van der Waals surface area contributed by atoms with Crippen molar-refractivity contribution in [2.24, 2.45) is 0 Å². The standard InChI is InChI=1S/C22H25ClN6/c1-15-4-3-5-18(14-15)25-21-19(16-6-8-17(23)9-7-16)20(24)26-22(27-21)29-12-10-28(2)11-13-29/h3-9,14H,10-13H2,1-2H3,(H3,24,25,26,27). The van der Waals surface area contributed by atoms with E-state index in [4.69, 9.17) is 22.3 Å².